The Kier molecular flexibility index (Phi) is 6.23. The van der Waals surface area contributed by atoms with Crippen LogP contribution in [0.25, 0.3) is 22.2 Å². The minimum absolute atomic E-state index is 0.0756. The highest BCUT2D eigenvalue weighted by atomic mass is 16.5. The fourth-order valence-electron chi connectivity index (χ4n) is 3.85. The lowest BCUT2D eigenvalue weighted by Crippen LogP contribution is -2.31. The zero-order valence-corrected chi connectivity index (χ0v) is 17.9. The van der Waals surface area contributed by atoms with E-state index in [2.05, 4.69) is 5.32 Å². The van der Waals surface area contributed by atoms with Gasteiger partial charge < -0.3 is 24.3 Å². The van der Waals surface area contributed by atoms with Gasteiger partial charge >= 0.3 is 0 Å². The van der Waals surface area contributed by atoms with Crippen molar-refractivity contribution < 1.29 is 23.7 Å². The lowest BCUT2D eigenvalue weighted by Gasteiger charge is -2.15. The molecule has 2 heterocycles. The Morgan fingerprint density at radius 1 is 1.10 bits per heavy atom. The number of hydrogen-bond acceptors (Lipinski definition) is 6. The van der Waals surface area contributed by atoms with Crippen molar-refractivity contribution in [2.24, 2.45) is 0 Å². The molecule has 3 aromatic rings. The first-order valence-corrected chi connectivity index (χ1v) is 10.2. The van der Waals surface area contributed by atoms with Crippen molar-refractivity contribution in [3.63, 3.8) is 0 Å². The van der Waals surface area contributed by atoms with Gasteiger partial charge in [0, 0.05) is 24.1 Å². The third kappa shape index (κ3) is 4.27. The fourth-order valence-corrected chi connectivity index (χ4v) is 3.85. The highest BCUT2D eigenvalue weighted by Gasteiger charge is 2.20. The molecular formula is C24H26N2O5. The second-order valence-corrected chi connectivity index (χ2v) is 7.33. The summed E-state index contributed by atoms with van der Waals surface area (Å²) in [5.41, 5.74) is 2.69. The van der Waals surface area contributed by atoms with Gasteiger partial charge in [-0.3, -0.25) is 4.79 Å². The predicted molar refractivity (Wildman–Crippen MR) is 118 cm³/mol. The van der Waals surface area contributed by atoms with E-state index in [1.54, 1.807) is 27.4 Å². The topological polar surface area (TPSA) is 78.9 Å². The summed E-state index contributed by atoms with van der Waals surface area (Å²) in [7, 11) is 4.70. The quantitative estimate of drug-likeness (QED) is 0.623. The molecule has 2 aromatic carbocycles. The van der Waals surface area contributed by atoms with Gasteiger partial charge in [-0.05, 0) is 37.1 Å². The first-order valence-electron chi connectivity index (χ1n) is 10.2. The second-order valence-electron chi connectivity index (χ2n) is 7.33. The van der Waals surface area contributed by atoms with Gasteiger partial charge in [-0.25, -0.2) is 4.98 Å². The smallest absolute Gasteiger partial charge is 0.252 e. The number of methoxy groups -OCH3 is 3. The van der Waals surface area contributed by atoms with Crippen molar-refractivity contribution in [2.75, 3.05) is 34.5 Å². The van der Waals surface area contributed by atoms with Gasteiger partial charge in [0.15, 0.2) is 11.5 Å². The number of amides is 1. The van der Waals surface area contributed by atoms with Gasteiger partial charge in [0.1, 0.15) is 0 Å². The summed E-state index contributed by atoms with van der Waals surface area (Å²) in [4.78, 5) is 17.9. The molecule has 1 aromatic heterocycles. The minimum Gasteiger partial charge on any atom is -0.493 e. The summed E-state index contributed by atoms with van der Waals surface area (Å²) in [5.74, 6) is 1.40. The largest absolute Gasteiger partial charge is 0.493 e. The lowest BCUT2D eigenvalue weighted by atomic mass is 10.0. The molecule has 31 heavy (non-hydrogen) atoms. The summed E-state index contributed by atoms with van der Waals surface area (Å²) in [6, 6.07) is 13.1. The van der Waals surface area contributed by atoms with Crippen LogP contribution in [0.15, 0.2) is 42.5 Å². The third-order valence-corrected chi connectivity index (χ3v) is 5.44. The van der Waals surface area contributed by atoms with E-state index in [-0.39, 0.29) is 12.0 Å². The second kappa shape index (κ2) is 9.22. The van der Waals surface area contributed by atoms with E-state index in [0.717, 1.165) is 35.9 Å². The van der Waals surface area contributed by atoms with Gasteiger partial charge in [-0.15, -0.1) is 0 Å². The predicted octanol–water partition coefficient (Wildman–Crippen LogP) is 3.84. The molecule has 0 aliphatic carbocycles. The molecule has 162 valence electrons. The van der Waals surface area contributed by atoms with Crippen LogP contribution >= 0.6 is 0 Å². The number of carbonyl (C=O) groups excluding carboxylic acids is 1. The van der Waals surface area contributed by atoms with Crippen LogP contribution < -0.4 is 19.5 Å². The van der Waals surface area contributed by atoms with Gasteiger partial charge in [-0.2, -0.15) is 0 Å². The molecule has 1 N–H and O–H groups in total. The number of nitrogens with zero attached hydrogens (tertiary/aromatic N) is 1. The molecule has 1 aliphatic rings. The summed E-state index contributed by atoms with van der Waals surface area (Å²) in [5, 5.41) is 3.81. The number of ether oxygens (including phenoxy) is 4. The molecule has 7 heteroatoms. The molecule has 1 unspecified atom stereocenters. The number of nitrogens with one attached hydrogen (secondary N) is 1. The average molecular weight is 422 g/mol. The standard InChI is InChI=1S/C24H26N2O5/c1-28-21-11-15(12-22(29-2)23(21)30-3)20-13-18(17-8-4-5-9-19(17)26-20)24(27)25-14-16-7-6-10-31-16/h4-5,8-9,11-13,16H,6-7,10,14H2,1-3H3,(H,25,27). The summed E-state index contributed by atoms with van der Waals surface area (Å²) in [6.07, 6.45) is 2.07. The Bertz CT molecular complexity index is 1070. The number of para-hydroxylation sites is 1. The first-order chi connectivity index (χ1) is 15.1. The van der Waals surface area contributed by atoms with Crippen molar-refractivity contribution in [2.45, 2.75) is 18.9 Å². The highest BCUT2D eigenvalue weighted by molar-refractivity contribution is 6.07. The maximum Gasteiger partial charge on any atom is 0.252 e. The SMILES string of the molecule is COc1cc(-c2cc(C(=O)NCC3CCCO3)c3ccccc3n2)cc(OC)c1OC. The minimum atomic E-state index is -0.150. The Morgan fingerprint density at radius 2 is 1.84 bits per heavy atom. The monoisotopic (exact) mass is 422 g/mol. The third-order valence-electron chi connectivity index (χ3n) is 5.44. The Hall–Kier alpha value is -3.32. The van der Waals surface area contributed by atoms with E-state index >= 15 is 0 Å². The number of benzene rings is 2. The van der Waals surface area contributed by atoms with E-state index in [9.17, 15) is 4.79 Å². The molecular weight excluding hydrogens is 396 g/mol. The van der Waals surface area contributed by atoms with E-state index < -0.39 is 0 Å². The van der Waals surface area contributed by atoms with Crippen LogP contribution in [0.3, 0.4) is 0 Å². The van der Waals surface area contributed by atoms with Crippen LogP contribution in [0.2, 0.25) is 0 Å². The van der Waals surface area contributed by atoms with Crippen molar-refractivity contribution in [3.8, 4) is 28.5 Å². The molecule has 1 fully saturated rings. The van der Waals surface area contributed by atoms with Gasteiger partial charge in [0.05, 0.1) is 44.2 Å². The Morgan fingerprint density at radius 3 is 2.48 bits per heavy atom. The molecule has 7 nitrogen and oxygen atoms in total. The lowest BCUT2D eigenvalue weighted by molar-refractivity contribution is 0.0859. The molecule has 4 rings (SSSR count). The van der Waals surface area contributed by atoms with Gasteiger partial charge in [0.25, 0.3) is 5.91 Å². The van der Waals surface area contributed by atoms with Crippen molar-refractivity contribution in [1.82, 2.24) is 10.3 Å². The molecule has 0 bridgehead atoms. The number of carbonyl (C=O) groups is 1. The first kappa shape index (κ1) is 20.9. The summed E-state index contributed by atoms with van der Waals surface area (Å²) < 4.78 is 22.0. The van der Waals surface area contributed by atoms with E-state index in [1.165, 1.54) is 0 Å². The number of aromatic nitrogens is 1. The van der Waals surface area contributed by atoms with Crippen molar-refractivity contribution in [3.05, 3.63) is 48.0 Å². The van der Waals surface area contributed by atoms with Crippen LogP contribution in [0.5, 0.6) is 17.2 Å². The van der Waals surface area contributed by atoms with E-state index in [1.807, 2.05) is 36.4 Å². The van der Waals surface area contributed by atoms with Crippen molar-refractivity contribution >= 4 is 16.8 Å². The number of fused-ring (bicyclic) bond motifs is 1. The maximum absolute atomic E-state index is 13.1. The van der Waals surface area contributed by atoms with E-state index in [4.69, 9.17) is 23.9 Å². The van der Waals surface area contributed by atoms with Gasteiger partial charge in [-0.1, -0.05) is 18.2 Å². The maximum atomic E-state index is 13.1. The highest BCUT2D eigenvalue weighted by Crippen LogP contribution is 2.41. The Balaban J connectivity index is 1.76. The van der Waals surface area contributed by atoms with Crippen LogP contribution in [0.1, 0.15) is 23.2 Å². The molecule has 0 saturated carbocycles. The molecule has 1 saturated heterocycles. The van der Waals surface area contributed by atoms with E-state index in [0.29, 0.717) is 35.1 Å². The molecule has 0 spiro atoms. The average Bonchev–Trinajstić information content (AvgIpc) is 3.34. The summed E-state index contributed by atoms with van der Waals surface area (Å²) >= 11 is 0. The zero-order chi connectivity index (χ0) is 21.8. The Labute approximate surface area is 181 Å². The number of pyridine rings is 1. The molecule has 1 atom stereocenters. The molecule has 0 radical (unpaired) electrons. The summed E-state index contributed by atoms with van der Waals surface area (Å²) in [6.45, 7) is 1.25. The van der Waals surface area contributed by atoms with Crippen LogP contribution in [0.4, 0.5) is 0 Å². The number of hydrogen-bond donors (Lipinski definition) is 1. The normalized spacial score (nSPS) is 15.6. The van der Waals surface area contributed by atoms with Crippen molar-refractivity contribution in [1.29, 1.82) is 0 Å². The van der Waals surface area contributed by atoms with Crippen LogP contribution in [0, 0.1) is 0 Å². The zero-order valence-electron chi connectivity index (χ0n) is 17.9. The fraction of sp³-hybridized carbons (Fsp3) is 0.333. The van der Waals surface area contributed by atoms with Gasteiger partial charge in [0.2, 0.25) is 5.75 Å². The molecule has 1 amide bonds. The number of rotatable bonds is 7. The van der Waals surface area contributed by atoms with Crippen LogP contribution in [-0.2, 0) is 4.74 Å². The van der Waals surface area contributed by atoms with Crippen LogP contribution in [-0.4, -0.2) is 51.5 Å². The molecule has 1 aliphatic heterocycles.